The summed E-state index contributed by atoms with van der Waals surface area (Å²) >= 11 is 0. The average Bonchev–Trinajstić information content (AvgIpc) is 3.13. The van der Waals surface area contributed by atoms with Gasteiger partial charge in [-0.15, -0.1) is 0 Å². The molecule has 7 heteroatoms. The van der Waals surface area contributed by atoms with Crippen molar-refractivity contribution in [3.05, 3.63) is 72.9 Å². The monoisotopic (exact) mass is 725 g/mol. The SMILES string of the molecule is CC/C=C\C/C=C\C(/C=C\CCCCCC(=O)NC(CCCN)C(=O)O)OC(=O)CCCCCCCC/C=C\C/C=C\C/C=C\CCCCCCC. The molecule has 4 N–H and O–H groups in total. The molecule has 0 aliphatic carbocycles. The number of hydrogen-bond acceptors (Lipinski definition) is 5. The molecule has 0 rings (SSSR count). The summed E-state index contributed by atoms with van der Waals surface area (Å²) in [6.45, 7) is 4.76. The first-order valence-electron chi connectivity index (χ1n) is 20.8. The van der Waals surface area contributed by atoms with Gasteiger partial charge in [-0.05, 0) is 109 Å². The minimum absolute atomic E-state index is 0.159. The van der Waals surface area contributed by atoms with Gasteiger partial charge in [0.25, 0.3) is 0 Å². The fourth-order valence-electron chi connectivity index (χ4n) is 5.59. The highest BCUT2D eigenvalue weighted by Crippen LogP contribution is 2.12. The number of nitrogens with two attached hydrogens (primary N) is 1. The van der Waals surface area contributed by atoms with Crippen LogP contribution in [0.1, 0.15) is 174 Å². The van der Waals surface area contributed by atoms with Crippen LogP contribution in [0.4, 0.5) is 0 Å². The van der Waals surface area contributed by atoms with Crippen LogP contribution in [-0.4, -0.2) is 41.6 Å². The van der Waals surface area contributed by atoms with Gasteiger partial charge in [-0.3, -0.25) is 9.59 Å². The van der Waals surface area contributed by atoms with Crippen molar-refractivity contribution >= 4 is 17.8 Å². The van der Waals surface area contributed by atoms with Crippen molar-refractivity contribution in [1.29, 1.82) is 0 Å². The molecule has 1 amide bonds. The lowest BCUT2D eigenvalue weighted by Crippen LogP contribution is -2.40. The van der Waals surface area contributed by atoms with E-state index in [2.05, 4.69) is 67.8 Å². The van der Waals surface area contributed by atoms with Crippen LogP contribution in [0.15, 0.2) is 72.9 Å². The maximum Gasteiger partial charge on any atom is 0.326 e. The zero-order valence-electron chi connectivity index (χ0n) is 33.1. The van der Waals surface area contributed by atoms with Crippen LogP contribution in [0, 0.1) is 0 Å². The van der Waals surface area contributed by atoms with Crippen molar-refractivity contribution in [2.45, 2.75) is 187 Å². The number of esters is 1. The molecule has 0 spiro atoms. The lowest BCUT2D eigenvalue weighted by molar-refractivity contribution is -0.145. The van der Waals surface area contributed by atoms with Gasteiger partial charge in [0.15, 0.2) is 0 Å². The molecule has 0 bridgehead atoms. The second kappa shape index (κ2) is 39.0. The maximum absolute atomic E-state index is 12.6. The van der Waals surface area contributed by atoms with Crippen LogP contribution in [0.25, 0.3) is 0 Å². The molecule has 0 aliphatic rings. The number of unbranched alkanes of at least 4 members (excludes halogenated alkanes) is 14. The predicted octanol–water partition coefficient (Wildman–Crippen LogP) is 11.6. The zero-order chi connectivity index (χ0) is 38.2. The first-order chi connectivity index (χ1) is 25.4. The average molecular weight is 725 g/mol. The molecule has 0 radical (unpaired) electrons. The van der Waals surface area contributed by atoms with Crippen LogP contribution in [-0.2, 0) is 19.1 Å². The molecule has 0 aromatic carbocycles. The van der Waals surface area contributed by atoms with Gasteiger partial charge in [0.05, 0.1) is 0 Å². The molecular weight excluding hydrogens is 649 g/mol. The van der Waals surface area contributed by atoms with Gasteiger partial charge in [-0.25, -0.2) is 4.79 Å². The smallest absolute Gasteiger partial charge is 0.326 e. The highest BCUT2D eigenvalue weighted by molar-refractivity contribution is 5.83. The number of allylic oxidation sites excluding steroid dienone is 10. The van der Waals surface area contributed by atoms with Gasteiger partial charge < -0.3 is 20.9 Å². The Kier molecular flexibility index (Phi) is 36.6. The molecule has 52 heavy (non-hydrogen) atoms. The quantitative estimate of drug-likeness (QED) is 0.0336. The van der Waals surface area contributed by atoms with Crippen molar-refractivity contribution < 1.29 is 24.2 Å². The van der Waals surface area contributed by atoms with Crippen LogP contribution in [0.3, 0.4) is 0 Å². The lowest BCUT2D eigenvalue weighted by Gasteiger charge is -2.13. The number of carboxylic acid groups (broad SMARTS) is 1. The Balaban J connectivity index is 4.16. The van der Waals surface area contributed by atoms with Crippen molar-refractivity contribution in [2.75, 3.05) is 6.54 Å². The number of rotatable bonds is 36. The first-order valence-corrected chi connectivity index (χ1v) is 20.8. The summed E-state index contributed by atoms with van der Waals surface area (Å²) in [6, 6.07) is -0.877. The van der Waals surface area contributed by atoms with Gasteiger partial charge >= 0.3 is 11.9 Å². The maximum atomic E-state index is 12.6. The molecule has 0 fully saturated rings. The summed E-state index contributed by atoms with van der Waals surface area (Å²) in [6.07, 6.45) is 50.1. The fraction of sp³-hybridized carbons (Fsp3) is 0.667. The van der Waals surface area contributed by atoms with Crippen molar-refractivity contribution in [2.24, 2.45) is 5.73 Å². The number of ether oxygens (including phenoxy) is 1. The molecule has 0 aliphatic heterocycles. The van der Waals surface area contributed by atoms with E-state index >= 15 is 0 Å². The summed E-state index contributed by atoms with van der Waals surface area (Å²) in [5.74, 6) is -1.42. The Hall–Kier alpha value is -3.19. The van der Waals surface area contributed by atoms with Crippen molar-refractivity contribution in [3.63, 3.8) is 0 Å². The number of amides is 1. The molecule has 0 aromatic rings. The third-order valence-electron chi connectivity index (χ3n) is 8.72. The van der Waals surface area contributed by atoms with E-state index in [1.54, 1.807) is 0 Å². The Morgan fingerprint density at radius 3 is 1.71 bits per heavy atom. The molecule has 0 saturated heterocycles. The zero-order valence-corrected chi connectivity index (χ0v) is 33.1. The number of hydrogen-bond donors (Lipinski definition) is 3. The van der Waals surface area contributed by atoms with Crippen LogP contribution in [0.2, 0.25) is 0 Å². The van der Waals surface area contributed by atoms with Gasteiger partial charge in [-0.2, -0.15) is 0 Å². The van der Waals surface area contributed by atoms with E-state index in [-0.39, 0.29) is 18.0 Å². The summed E-state index contributed by atoms with van der Waals surface area (Å²) in [5.41, 5.74) is 5.46. The molecule has 2 unspecified atom stereocenters. The summed E-state index contributed by atoms with van der Waals surface area (Å²) in [5, 5.41) is 11.9. The normalized spacial score (nSPS) is 13.4. The van der Waals surface area contributed by atoms with E-state index in [0.717, 1.165) is 70.6 Å². The Morgan fingerprint density at radius 2 is 1.10 bits per heavy atom. The third kappa shape index (κ3) is 35.2. The summed E-state index contributed by atoms with van der Waals surface area (Å²) in [7, 11) is 0. The minimum atomic E-state index is -1.02. The molecule has 2 atom stereocenters. The third-order valence-corrected chi connectivity index (χ3v) is 8.72. The molecule has 0 heterocycles. The second-order valence-electron chi connectivity index (χ2n) is 13.7. The van der Waals surface area contributed by atoms with Crippen molar-refractivity contribution in [1.82, 2.24) is 5.32 Å². The number of carboxylic acids is 1. The number of nitrogens with one attached hydrogen (secondary N) is 1. The number of carbonyl (C=O) groups is 3. The molecule has 0 saturated carbocycles. The highest BCUT2D eigenvalue weighted by Gasteiger charge is 2.18. The van der Waals surface area contributed by atoms with Crippen LogP contribution >= 0.6 is 0 Å². The topological polar surface area (TPSA) is 119 Å². The van der Waals surface area contributed by atoms with Gasteiger partial charge in [0.2, 0.25) is 5.91 Å². The van der Waals surface area contributed by atoms with E-state index in [1.165, 1.54) is 57.8 Å². The largest absolute Gasteiger partial charge is 0.480 e. The van der Waals surface area contributed by atoms with E-state index in [0.29, 0.717) is 38.6 Å². The first kappa shape index (κ1) is 48.8. The summed E-state index contributed by atoms with van der Waals surface area (Å²) < 4.78 is 5.78. The predicted molar refractivity (Wildman–Crippen MR) is 220 cm³/mol. The van der Waals surface area contributed by atoms with E-state index < -0.39 is 12.0 Å². The fourth-order valence-corrected chi connectivity index (χ4v) is 5.59. The standard InChI is InChI=1S/C45H76N2O5/c1-3-5-7-9-10-11-12-13-14-15-16-17-18-19-20-21-22-23-24-29-33-39-44(49)52-41(35-30-26-8-6-4-2)36-31-27-25-28-32-38-43(48)47-42(45(50)51)37-34-40-46/h6,8,12-13,15-16,18-19,30-31,35-36,41-42H,3-5,7,9-11,14,17,20-29,32-34,37-40,46H2,1-2H3,(H,47,48)(H,50,51)/b8-6-,13-12-,16-15-,19-18-,35-30-,36-31-. The van der Waals surface area contributed by atoms with Gasteiger partial charge in [-0.1, -0.05) is 132 Å². The Bertz CT molecular complexity index is 1040. The number of carbonyl (C=O) groups excluding carboxylic acids is 2. The Labute approximate surface area is 318 Å². The second-order valence-corrected chi connectivity index (χ2v) is 13.7. The van der Waals surface area contributed by atoms with Gasteiger partial charge in [0.1, 0.15) is 12.1 Å². The molecular formula is C45H76N2O5. The van der Waals surface area contributed by atoms with E-state index in [9.17, 15) is 19.5 Å². The van der Waals surface area contributed by atoms with Gasteiger partial charge in [0, 0.05) is 12.8 Å². The molecule has 7 nitrogen and oxygen atoms in total. The molecule has 0 aromatic heterocycles. The summed E-state index contributed by atoms with van der Waals surface area (Å²) in [4.78, 5) is 36.0. The molecule has 296 valence electrons. The van der Waals surface area contributed by atoms with Crippen molar-refractivity contribution in [3.8, 4) is 0 Å². The minimum Gasteiger partial charge on any atom is -0.480 e. The van der Waals surface area contributed by atoms with Crippen LogP contribution in [0.5, 0.6) is 0 Å². The van der Waals surface area contributed by atoms with Crippen LogP contribution < -0.4 is 11.1 Å². The number of aliphatic carboxylic acids is 1. The highest BCUT2D eigenvalue weighted by atomic mass is 16.5. The van der Waals surface area contributed by atoms with E-state index in [1.807, 2.05) is 24.3 Å². The lowest BCUT2D eigenvalue weighted by atomic mass is 10.1. The van der Waals surface area contributed by atoms with E-state index in [4.69, 9.17) is 10.5 Å². The Morgan fingerprint density at radius 1 is 0.596 bits per heavy atom.